The molecule has 2 aromatic carbocycles. The highest BCUT2D eigenvalue weighted by molar-refractivity contribution is 5.93. The number of para-hydroxylation sites is 2. The standard InChI is InChI=1S/C21H28N2O2/c1-21(2,3)17-12-10-16(11-13-17)14-23(4)15-20(24)22-18-8-6-7-9-19(18)25-5/h6-13H,14-15H2,1-5H3,(H,22,24). The third-order valence-corrected chi connectivity index (χ3v) is 4.07. The van der Waals surface area contributed by atoms with Crippen molar-refractivity contribution in [2.75, 3.05) is 26.0 Å². The predicted molar refractivity (Wildman–Crippen MR) is 103 cm³/mol. The van der Waals surface area contributed by atoms with Crippen LogP contribution in [0.5, 0.6) is 5.75 Å². The molecule has 25 heavy (non-hydrogen) atoms. The molecule has 1 amide bonds. The summed E-state index contributed by atoms with van der Waals surface area (Å²) in [6, 6.07) is 16.0. The molecular formula is C21H28N2O2. The van der Waals surface area contributed by atoms with Crippen molar-refractivity contribution in [3.05, 3.63) is 59.7 Å². The van der Waals surface area contributed by atoms with E-state index in [2.05, 4.69) is 50.4 Å². The van der Waals surface area contributed by atoms with Gasteiger partial charge in [0, 0.05) is 6.54 Å². The number of anilines is 1. The van der Waals surface area contributed by atoms with Crippen LogP contribution in [0.25, 0.3) is 0 Å². The largest absolute Gasteiger partial charge is 0.495 e. The molecular weight excluding hydrogens is 312 g/mol. The van der Waals surface area contributed by atoms with Crippen LogP contribution in [0, 0.1) is 0 Å². The van der Waals surface area contributed by atoms with Crippen molar-refractivity contribution in [3.63, 3.8) is 0 Å². The van der Waals surface area contributed by atoms with E-state index in [1.807, 2.05) is 36.2 Å². The molecule has 0 heterocycles. The number of nitrogens with zero attached hydrogens (tertiary/aromatic N) is 1. The van der Waals surface area contributed by atoms with Gasteiger partial charge in [0.05, 0.1) is 19.3 Å². The molecule has 0 aliphatic carbocycles. The molecule has 2 rings (SSSR count). The number of rotatable bonds is 6. The second-order valence-electron chi connectivity index (χ2n) is 7.37. The van der Waals surface area contributed by atoms with Gasteiger partial charge in [-0.3, -0.25) is 9.69 Å². The first kappa shape index (κ1) is 19.0. The van der Waals surface area contributed by atoms with Gasteiger partial charge < -0.3 is 10.1 Å². The van der Waals surface area contributed by atoms with Crippen LogP contribution in [0.4, 0.5) is 5.69 Å². The summed E-state index contributed by atoms with van der Waals surface area (Å²) in [6.07, 6.45) is 0. The molecule has 0 fully saturated rings. The fourth-order valence-electron chi connectivity index (χ4n) is 2.66. The monoisotopic (exact) mass is 340 g/mol. The molecule has 0 saturated heterocycles. The quantitative estimate of drug-likeness (QED) is 0.862. The number of carbonyl (C=O) groups excluding carboxylic acids is 1. The Morgan fingerprint density at radius 2 is 1.72 bits per heavy atom. The number of hydrogen-bond acceptors (Lipinski definition) is 3. The lowest BCUT2D eigenvalue weighted by atomic mass is 9.87. The highest BCUT2D eigenvalue weighted by atomic mass is 16.5. The average molecular weight is 340 g/mol. The molecule has 0 aliphatic rings. The van der Waals surface area contributed by atoms with E-state index in [0.29, 0.717) is 18.0 Å². The Morgan fingerprint density at radius 1 is 1.08 bits per heavy atom. The van der Waals surface area contributed by atoms with E-state index in [1.54, 1.807) is 7.11 Å². The van der Waals surface area contributed by atoms with Crippen molar-refractivity contribution in [1.82, 2.24) is 4.90 Å². The highest BCUT2D eigenvalue weighted by Crippen LogP contribution is 2.23. The van der Waals surface area contributed by atoms with Gasteiger partial charge in [-0.05, 0) is 35.7 Å². The van der Waals surface area contributed by atoms with Crippen LogP contribution in [0.15, 0.2) is 48.5 Å². The average Bonchev–Trinajstić information content (AvgIpc) is 2.54. The normalized spacial score (nSPS) is 11.4. The fraction of sp³-hybridized carbons (Fsp3) is 0.381. The molecule has 134 valence electrons. The van der Waals surface area contributed by atoms with Crippen LogP contribution in [0.2, 0.25) is 0 Å². The Kier molecular flexibility index (Phi) is 6.21. The lowest BCUT2D eigenvalue weighted by Gasteiger charge is -2.20. The Morgan fingerprint density at radius 3 is 2.32 bits per heavy atom. The second kappa shape index (κ2) is 8.17. The molecule has 0 unspecified atom stereocenters. The van der Waals surface area contributed by atoms with Crippen molar-refractivity contribution >= 4 is 11.6 Å². The number of hydrogen-bond donors (Lipinski definition) is 1. The van der Waals surface area contributed by atoms with E-state index in [4.69, 9.17) is 4.74 Å². The zero-order chi connectivity index (χ0) is 18.4. The number of benzene rings is 2. The molecule has 0 bridgehead atoms. The predicted octanol–water partition coefficient (Wildman–Crippen LogP) is 4.06. The Bertz CT molecular complexity index is 703. The summed E-state index contributed by atoms with van der Waals surface area (Å²) in [5, 5.41) is 2.90. The maximum Gasteiger partial charge on any atom is 0.238 e. The van der Waals surface area contributed by atoms with E-state index in [-0.39, 0.29) is 11.3 Å². The topological polar surface area (TPSA) is 41.6 Å². The van der Waals surface area contributed by atoms with Gasteiger partial charge in [0.15, 0.2) is 0 Å². The van der Waals surface area contributed by atoms with Gasteiger partial charge >= 0.3 is 0 Å². The van der Waals surface area contributed by atoms with Crippen LogP contribution in [-0.2, 0) is 16.8 Å². The van der Waals surface area contributed by atoms with Gasteiger partial charge in [-0.15, -0.1) is 0 Å². The zero-order valence-corrected chi connectivity index (χ0v) is 15.8. The Balaban J connectivity index is 1.91. The first-order valence-corrected chi connectivity index (χ1v) is 8.50. The number of carbonyl (C=O) groups is 1. The van der Waals surface area contributed by atoms with Crippen LogP contribution in [0.1, 0.15) is 31.9 Å². The maximum atomic E-state index is 12.3. The lowest BCUT2D eigenvalue weighted by Crippen LogP contribution is -2.30. The third kappa shape index (κ3) is 5.61. The molecule has 0 radical (unpaired) electrons. The number of amides is 1. The molecule has 0 atom stereocenters. The molecule has 0 aromatic heterocycles. The highest BCUT2D eigenvalue weighted by Gasteiger charge is 2.14. The first-order chi connectivity index (χ1) is 11.8. The van der Waals surface area contributed by atoms with Crippen LogP contribution >= 0.6 is 0 Å². The number of ether oxygens (including phenoxy) is 1. The lowest BCUT2D eigenvalue weighted by molar-refractivity contribution is -0.117. The fourth-order valence-corrected chi connectivity index (χ4v) is 2.66. The summed E-state index contributed by atoms with van der Waals surface area (Å²) >= 11 is 0. The van der Waals surface area contributed by atoms with Crippen LogP contribution in [0.3, 0.4) is 0 Å². The van der Waals surface area contributed by atoms with Gasteiger partial charge in [0.1, 0.15) is 5.75 Å². The Labute approximate surface area is 150 Å². The van der Waals surface area contributed by atoms with E-state index < -0.39 is 0 Å². The number of nitrogens with one attached hydrogen (secondary N) is 1. The Hall–Kier alpha value is -2.33. The summed E-state index contributed by atoms with van der Waals surface area (Å²) in [5.74, 6) is 0.606. The number of methoxy groups -OCH3 is 1. The van der Waals surface area contributed by atoms with Gasteiger partial charge in [0.25, 0.3) is 0 Å². The summed E-state index contributed by atoms with van der Waals surface area (Å²) in [4.78, 5) is 14.3. The number of likely N-dealkylation sites (N-methyl/N-ethyl adjacent to an activating group) is 1. The van der Waals surface area contributed by atoms with E-state index >= 15 is 0 Å². The van der Waals surface area contributed by atoms with Gasteiger partial charge in [-0.2, -0.15) is 0 Å². The molecule has 0 spiro atoms. The van der Waals surface area contributed by atoms with E-state index in [0.717, 1.165) is 6.54 Å². The summed E-state index contributed by atoms with van der Waals surface area (Å²) in [7, 11) is 3.54. The molecule has 4 heteroatoms. The van der Waals surface area contributed by atoms with Gasteiger partial charge in [-0.1, -0.05) is 57.2 Å². The van der Waals surface area contributed by atoms with Gasteiger partial charge in [-0.25, -0.2) is 0 Å². The summed E-state index contributed by atoms with van der Waals surface area (Å²) < 4.78 is 5.26. The SMILES string of the molecule is COc1ccccc1NC(=O)CN(C)Cc1ccc(C(C)(C)C)cc1. The summed E-state index contributed by atoms with van der Waals surface area (Å²) in [5.41, 5.74) is 3.35. The smallest absolute Gasteiger partial charge is 0.238 e. The maximum absolute atomic E-state index is 12.3. The van der Waals surface area contributed by atoms with Crippen molar-refractivity contribution in [2.45, 2.75) is 32.7 Å². The first-order valence-electron chi connectivity index (χ1n) is 8.50. The minimum atomic E-state index is -0.0571. The molecule has 0 saturated carbocycles. The molecule has 4 nitrogen and oxygen atoms in total. The van der Waals surface area contributed by atoms with Crippen molar-refractivity contribution in [1.29, 1.82) is 0 Å². The summed E-state index contributed by atoms with van der Waals surface area (Å²) in [6.45, 7) is 7.66. The zero-order valence-electron chi connectivity index (χ0n) is 15.8. The van der Waals surface area contributed by atoms with Crippen molar-refractivity contribution in [3.8, 4) is 5.75 Å². The second-order valence-corrected chi connectivity index (χ2v) is 7.37. The molecule has 0 aliphatic heterocycles. The minimum absolute atomic E-state index is 0.0571. The van der Waals surface area contributed by atoms with Crippen molar-refractivity contribution in [2.24, 2.45) is 0 Å². The van der Waals surface area contributed by atoms with Crippen molar-refractivity contribution < 1.29 is 9.53 Å². The minimum Gasteiger partial charge on any atom is -0.495 e. The van der Waals surface area contributed by atoms with E-state index in [1.165, 1.54) is 11.1 Å². The third-order valence-electron chi connectivity index (χ3n) is 4.07. The van der Waals surface area contributed by atoms with Crippen LogP contribution < -0.4 is 10.1 Å². The van der Waals surface area contributed by atoms with Gasteiger partial charge in [0.2, 0.25) is 5.91 Å². The van der Waals surface area contributed by atoms with Crippen LogP contribution in [-0.4, -0.2) is 31.5 Å². The molecule has 1 N–H and O–H groups in total. The molecule has 2 aromatic rings. The van der Waals surface area contributed by atoms with E-state index in [9.17, 15) is 4.79 Å².